The average Bonchev–Trinajstić information content (AvgIpc) is 2.74. The first-order valence-corrected chi connectivity index (χ1v) is 14.9. The highest BCUT2D eigenvalue weighted by molar-refractivity contribution is 5.71. The van der Waals surface area contributed by atoms with Gasteiger partial charge in [0.15, 0.2) is 6.10 Å². The summed E-state index contributed by atoms with van der Waals surface area (Å²) in [6, 6.07) is 0. The molecule has 0 amide bonds. The Bertz CT molecular complexity index is 515. The maximum absolute atomic E-state index is 12.1. The van der Waals surface area contributed by atoms with Crippen molar-refractivity contribution < 1.29 is 23.9 Å². The van der Waals surface area contributed by atoms with Crippen LogP contribution in [-0.4, -0.2) is 55.3 Å². The molecule has 2 atom stereocenters. The van der Waals surface area contributed by atoms with E-state index in [0.29, 0.717) is 17.4 Å². The van der Waals surface area contributed by atoms with Crippen molar-refractivity contribution in [3.8, 4) is 0 Å². The van der Waals surface area contributed by atoms with E-state index in [1.165, 1.54) is 103 Å². The van der Waals surface area contributed by atoms with Gasteiger partial charge in [-0.15, -0.1) is 0 Å². The summed E-state index contributed by atoms with van der Waals surface area (Å²) in [5.74, 6) is -0.257. The van der Waals surface area contributed by atoms with Crippen LogP contribution in [0.15, 0.2) is 0 Å². The molecule has 0 aliphatic heterocycles. The summed E-state index contributed by atoms with van der Waals surface area (Å²) in [6.45, 7) is 5.20. The van der Waals surface area contributed by atoms with Gasteiger partial charge < -0.3 is 14.3 Å². The smallest absolute Gasteiger partial charge is 0.307 e. The Balaban J connectivity index is 3.47. The van der Waals surface area contributed by atoms with E-state index in [4.69, 9.17) is 9.84 Å². The highest BCUT2D eigenvalue weighted by Crippen LogP contribution is 2.17. The van der Waals surface area contributed by atoms with Crippen LogP contribution >= 0.6 is 0 Å². The summed E-state index contributed by atoms with van der Waals surface area (Å²) in [7, 11) is 5.92. The van der Waals surface area contributed by atoms with E-state index in [2.05, 4.69) is 13.8 Å². The predicted octanol–water partition coefficient (Wildman–Crippen LogP) is 8.15. The normalized spacial score (nSPS) is 13.5. The minimum absolute atomic E-state index is 0.125. The van der Waals surface area contributed by atoms with Gasteiger partial charge in [-0.3, -0.25) is 9.59 Å². The van der Waals surface area contributed by atoms with Crippen molar-refractivity contribution in [2.24, 2.45) is 5.92 Å². The summed E-state index contributed by atoms with van der Waals surface area (Å²) < 4.78 is 6.02. The van der Waals surface area contributed by atoms with Crippen molar-refractivity contribution in [2.75, 3.05) is 27.7 Å². The Hall–Kier alpha value is -1.10. The third-order valence-corrected chi connectivity index (χ3v) is 6.81. The number of esters is 1. The summed E-state index contributed by atoms with van der Waals surface area (Å²) in [6.07, 6.45) is 23.5. The zero-order valence-electron chi connectivity index (χ0n) is 24.1. The highest BCUT2D eigenvalue weighted by Gasteiger charge is 2.24. The van der Waals surface area contributed by atoms with Gasteiger partial charge in [-0.2, -0.15) is 0 Å². The SMILES string of the molecule is CCCC(C)CCCCCCCCCCCCCCCCCC(=O)OC(CC(=O)O)C[N+](C)(C)C. The minimum atomic E-state index is -0.922. The van der Waals surface area contributed by atoms with Gasteiger partial charge in [-0.05, 0) is 12.3 Å². The van der Waals surface area contributed by atoms with E-state index in [-0.39, 0.29) is 12.4 Å². The molecule has 0 spiro atoms. The van der Waals surface area contributed by atoms with Crippen LogP contribution in [0.4, 0.5) is 0 Å². The topological polar surface area (TPSA) is 63.6 Å². The van der Waals surface area contributed by atoms with Gasteiger partial charge in [0.25, 0.3) is 0 Å². The summed E-state index contributed by atoms with van der Waals surface area (Å²) in [5, 5.41) is 9.05. The molecule has 0 radical (unpaired) electrons. The van der Waals surface area contributed by atoms with Crippen molar-refractivity contribution in [1.82, 2.24) is 0 Å². The molecule has 0 bridgehead atoms. The fraction of sp³-hybridized carbons (Fsp3) is 0.933. The van der Waals surface area contributed by atoms with Gasteiger partial charge in [0, 0.05) is 6.42 Å². The fourth-order valence-electron chi connectivity index (χ4n) is 4.89. The molecule has 0 fully saturated rings. The quantitative estimate of drug-likeness (QED) is 0.0783. The van der Waals surface area contributed by atoms with E-state index in [9.17, 15) is 9.59 Å². The number of quaternary nitrogens is 1. The lowest BCUT2D eigenvalue weighted by Gasteiger charge is -2.28. The molecule has 0 aliphatic carbocycles. The van der Waals surface area contributed by atoms with E-state index in [1.807, 2.05) is 21.1 Å². The van der Waals surface area contributed by atoms with Crippen LogP contribution in [0.2, 0.25) is 0 Å². The number of carbonyl (C=O) groups is 2. The largest absolute Gasteiger partial charge is 0.481 e. The van der Waals surface area contributed by atoms with Crippen LogP contribution in [0.1, 0.15) is 142 Å². The molecule has 0 aromatic heterocycles. The van der Waals surface area contributed by atoms with Crippen molar-refractivity contribution in [2.45, 2.75) is 148 Å². The van der Waals surface area contributed by atoms with Gasteiger partial charge >= 0.3 is 11.9 Å². The molecule has 0 heterocycles. The molecule has 208 valence electrons. The summed E-state index contributed by atoms with van der Waals surface area (Å²) in [4.78, 5) is 23.1. The number of carbonyl (C=O) groups excluding carboxylic acids is 1. The number of likely N-dealkylation sites (N-methyl/N-ethyl adjacent to an activating group) is 1. The van der Waals surface area contributed by atoms with E-state index >= 15 is 0 Å². The van der Waals surface area contributed by atoms with E-state index in [0.717, 1.165) is 18.8 Å². The molecule has 0 saturated carbocycles. The fourth-order valence-corrected chi connectivity index (χ4v) is 4.89. The highest BCUT2D eigenvalue weighted by atomic mass is 16.5. The second-order valence-corrected chi connectivity index (χ2v) is 11.9. The van der Waals surface area contributed by atoms with Gasteiger partial charge in [-0.1, -0.05) is 123 Å². The zero-order valence-corrected chi connectivity index (χ0v) is 24.1. The summed E-state index contributed by atoms with van der Waals surface area (Å²) in [5.41, 5.74) is 0. The van der Waals surface area contributed by atoms with Gasteiger partial charge in [0.1, 0.15) is 6.54 Å². The first-order valence-electron chi connectivity index (χ1n) is 14.9. The Morgan fingerprint density at radius 3 is 1.54 bits per heavy atom. The first kappa shape index (κ1) is 33.9. The average molecular weight is 499 g/mol. The molecular weight excluding hydrogens is 438 g/mol. The molecule has 0 rings (SSSR count). The number of nitrogens with zero attached hydrogens (tertiary/aromatic N) is 1. The molecule has 0 saturated heterocycles. The molecule has 0 aliphatic rings. The van der Waals surface area contributed by atoms with Crippen LogP contribution in [0, 0.1) is 5.92 Å². The lowest BCUT2D eigenvalue weighted by atomic mass is 9.98. The lowest BCUT2D eigenvalue weighted by Crippen LogP contribution is -2.43. The Kier molecular flexibility index (Phi) is 21.4. The minimum Gasteiger partial charge on any atom is -0.481 e. The molecule has 1 N–H and O–H groups in total. The Morgan fingerprint density at radius 1 is 0.714 bits per heavy atom. The van der Waals surface area contributed by atoms with Crippen molar-refractivity contribution in [1.29, 1.82) is 0 Å². The maximum atomic E-state index is 12.1. The standard InChI is InChI=1S/C30H59NO4/c1-6-22-27(2)23-20-18-16-14-12-10-8-7-9-11-13-15-17-19-21-24-30(34)35-28(25-29(32)33)26-31(3,4)5/h27-28H,6-26H2,1-5H3/p+1. The molecule has 5 heteroatoms. The third kappa shape index (κ3) is 25.8. The number of hydrogen-bond acceptors (Lipinski definition) is 3. The number of carboxylic acids is 1. The van der Waals surface area contributed by atoms with Crippen molar-refractivity contribution >= 4 is 11.9 Å². The monoisotopic (exact) mass is 498 g/mol. The molecule has 5 nitrogen and oxygen atoms in total. The maximum Gasteiger partial charge on any atom is 0.307 e. The lowest BCUT2D eigenvalue weighted by molar-refractivity contribution is -0.873. The number of aliphatic carboxylic acids is 1. The van der Waals surface area contributed by atoms with E-state index in [1.54, 1.807) is 0 Å². The van der Waals surface area contributed by atoms with Crippen molar-refractivity contribution in [3.63, 3.8) is 0 Å². The number of hydrogen-bond donors (Lipinski definition) is 1. The third-order valence-electron chi connectivity index (χ3n) is 6.81. The zero-order chi connectivity index (χ0) is 26.4. The number of carboxylic acid groups (broad SMARTS) is 1. The molecular formula is C30H60NO4+. The van der Waals surface area contributed by atoms with Gasteiger partial charge in [0.05, 0.1) is 27.6 Å². The van der Waals surface area contributed by atoms with Crippen LogP contribution in [0.3, 0.4) is 0 Å². The van der Waals surface area contributed by atoms with Crippen LogP contribution < -0.4 is 0 Å². The van der Waals surface area contributed by atoms with Crippen LogP contribution in [-0.2, 0) is 14.3 Å². The first-order chi connectivity index (χ1) is 16.6. The molecule has 0 aromatic rings. The molecule has 35 heavy (non-hydrogen) atoms. The molecule has 2 unspecified atom stereocenters. The van der Waals surface area contributed by atoms with Gasteiger partial charge in [-0.25, -0.2) is 0 Å². The van der Waals surface area contributed by atoms with Gasteiger partial charge in [0.2, 0.25) is 0 Å². The van der Waals surface area contributed by atoms with E-state index < -0.39 is 12.1 Å². The number of unbranched alkanes of at least 4 members (excludes halogenated alkanes) is 14. The van der Waals surface area contributed by atoms with Crippen LogP contribution in [0.25, 0.3) is 0 Å². The predicted molar refractivity (Wildman–Crippen MR) is 148 cm³/mol. The molecule has 0 aromatic carbocycles. The second kappa shape index (κ2) is 22.1. The Labute approximate surface area is 218 Å². The number of ether oxygens (including phenoxy) is 1. The number of rotatable bonds is 25. The van der Waals surface area contributed by atoms with Crippen LogP contribution in [0.5, 0.6) is 0 Å². The summed E-state index contributed by atoms with van der Waals surface area (Å²) >= 11 is 0. The van der Waals surface area contributed by atoms with Crippen molar-refractivity contribution in [3.05, 3.63) is 0 Å². The Morgan fingerprint density at radius 2 is 1.14 bits per heavy atom. The second-order valence-electron chi connectivity index (χ2n) is 11.9.